The molecule has 3 aromatic rings. The van der Waals surface area contributed by atoms with Gasteiger partial charge in [-0.15, -0.1) is 0 Å². The minimum absolute atomic E-state index is 0.203. The summed E-state index contributed by atoms with van der Waals surface area (Å²) in [5.74, 6) is -0.777. The third kappa shape index (κ3) is 4.39. The van der Waals surface area contributed by atoms with Gasteiger partial charge in [-0.3, -0.25) is 9.69 Å². The van der Waals surface area contributed by atoms with Crippen molar-refractivity contribution in [1.29, 1.82) is 0 Å². The highest BCUT2D eigenvalue weighted by Gasteiger charge is 2.35. The Labute approximate surface area is 186 Å². The van der Waals surface area contributed by atoms with Crippen LogP contribution in [0.15, 0.2) is 72.8 Å². The molecular formula is C25H23Cl2NO2. The smallest absolute Gasteiger partial charge is 0.320 e. The molecule has 0 saturated carbocycles. The first-order chi connectivity index (χ1) is 14.5. The lowest BCUT2D eigenvalue weighted by Gasteiger charge is -2.39. The van der Waals surface area contributed by atoms with Crippen molar-refractivity contribution in [3.8, 4) is 11.1 Å². The van der Waals surface area contributed by atoms with E-state index < -0.39 is 12.0 Å². The van der Waals surface area contributed by atoms with E-state index in [-0.39, 0.29) is 6.04 Å². The summed E-state index contributed by atoms with van der Waals surface area (Å²) in [6.45, 7) is 0.725. The predicted octanol–water partition coefficient (Wildman–Crippen LogP) is 6.69. The third-order valence-corrected chi connectivity index (χ3v) is 6.49. The average molecular weight is 440 g/mol. The van der Waals surface area contributed by atoms with Gasteiger partial charge in [0.2, 0.25) is 0 Å². The van der Waals surface area contributed by atoms with Gasteiger partial charge in [0.25, 0.3) is 0 Å². The van der Waals surface area contributed by atoms with Crippen LogP contribution in [0.4, 0.5) is 0 Å². The number of carboxylic acid groups (broad SMARTS) is 1. The number of halogens is 2. The van der Waals surface area contributed by atoms with E-state index in [9.17, 15) is 9.90 Å². The number of benzene rings is 3. The molecule has 3 nitrogen and oxygen atoms in total. The van der Waals surface area contributed by atoms with Crippen molar-refractivity contribution in [1.82, 2.24) is 4.90 Å². The van der Waals surface area contributed by atoms with Crippen molar-refractivity contribution in [2.75, 3.05) is 6.54 Å². The van der Waals surface area contributed by atoms with Crippen molar-refractivity contribution < 1.29 is 9.90 Å². The normalized spacial score (nSPS) is 18.1. The molecule has 0 bridgehead atoms. The van der Waals surface area contributed by atoms with Crippen molar-refractivity contribution >= 4 is 29.2 Å². The Bertz CT molecular complexity index is 1020. The molecule has 0 spiro atoms. The third-order valence-electron chi connectivity index (χ3n) is 5.75. The van der Waals surface area contributed by atoms with Crippen LogP contribution in [0.2, 0.25) is 10.0 Å². The van der Waals surface area contributed by atoms with Gasteiger partial charge in [0.15, 0.2) is 0 Å². The first kappa shape index (κ1) is 20.9. The van der Waals surface area contributed by atoms with Crippen LogP contribution in [-0.2, 0) is 4.79 Å². The molecule has 4 rings (SSSR count). The summed E-state index contributed by atoms with van der Waals surface area (Å²) in [5, 5.41) is 10.8. The molecule has 154 valence electrons. The van der Waals surface area contributed by atoms with Crippen LogP contribution in [0.3, 0.4) is 0 Å². The monoisotopic (exact) mass is 439 g/mol. The van der Waals surface area contributed by atoms with Crippen LogP contribution in [0, 0.1) is 0 Å². The Morgan fingerprint density at radius 2 is 1.53 bits per heavy atom. The van der Waals surface area contributed by atoms with E-state index in [1.807, 2.05) is 30.3 Å². The lowest BCUT2D eigenvalue weighted by molar-refractivity contribution is -0.145. The molecule has 1 heterocycles. The molecule has 30 heavy (non-hydrogen) atoms. The maximum Gasteiger partial charge on any atom is 0.320 e. The number of nitrogens with zero attached hydrogens (tertiary/aromatic N) is 1. The number of rotatable bonds is 5. The zero-order valence-corrected chi connectivity index (χ0v) is 18.0. The first-order valence-electron chi connectivity index (χ1n) is 10.1. The van der Waals surface area contributed by atoms with E-state index >= 15 is 0 Å². The van der Waals surface area contributed by atoms with E-state index in [2.05, 4.69) is 41.3 Å². The lowest BCUT2D eigenvalue weighted by atomic mass is 9.91. The highest BCUT2D eigenvalue weighted by molar-refractivity contribution is 6.42. The van der Waals surface area contributed by atoms with E-state index in [1.54, 1.807) is 6.07 Å². The number of likely N-dealkylation sites (tertiary alicyclic amines) is 1. The van der Waals surface area contributed by atoms with Gasteiger partial charge >= 0.3 is 5.97 Å². The highest BCUT2D eigenvalue weighted by atomic mass is 35.5. The minimum Gasteiger partial charge on any atom is -0.480 e. The first-order valence-corrected chi connectivity index (χ1v) is 10.9. The molecule has 1 fully saturated rings. The van der Waals surface area contributed by atoms with Gasteiger partial charge in [0, 0.05) is 0 Å². The summed E-state index contributed by atoms with van der Waals surface area (Å²) in [5.41, 5.74) is 4.27. The summed E-state index contributed by atoms with van der Waals surface area (Å²) in [6, 6.07) is 23.4. The van der Waals surface area contributed by atoms with Crippen LogP contribution < -0.4 is 0 Å². The van der Waals surface area contributed by atoms with E-state index in [4.69, 9.17) is 23.2 Å². The number of carboxylic acids is 1. The second-order valence-electron chi connectivity index (χ2n) is 7.65. The zero-order valence-electron chi connectivity index (χ0n) is 16.5. The van der Waals surface area contributed by atoms with Crippen LogP contribution >= 0.6 is 23.2 Å². The quantitative estimate of drug-likeness (QED) is 0.481. The summed E-state index contributed by atoms with van der Waals surface area (Å²) in [4.78, 5) is 14.1. The summed E-state index contributed by atoms with van der Waals surface area (Å²) in [7, 11) is 0. The standard InChI is InChI=1S/C25H23Cl2NO2/c26-21-14-13-20(16-22(21)27)24(28-15-5-4-8-23(28)25(29)30)19-11-9-18(10-12-19)17-6-2-1-3-7-17/h1-3,6-7,9-14,16,23-24H,4-5,8,15H2,(H,29,30). The van der Waals surface area contributed by atoms with Gasteiger partial charge in [-0.1, -0.05) is 90.3 Å². The largest absolute Gasteiger partial charge is 0.480 e. The predicted molar refractivity (Wildman–Crippen MR) is 122 cm³/mol. The molecular weight excluding hydrogens is 417 g/mol. The number of hydrogen-bond acceptors (Lipinski definition) is 2. The second-order valence-corrected chi connectivity index (χ2v) is 8.47. The second kappa shape index (κ2) is 9.22. The molecule has 0 amide bonds. The Balaban J connectivity index is 1.76. The van der Waals surface area contributed by atoms with E-state index in [1.165, 1.54) is 0 Å². The number of piperidine rings is 1. The number of carbonyl (C=O) groups is 1. The Morgan fingerprint density at radius 3 is 2.20 bits per heavy atom. The SMILES string of the molecule is O=C(O)C1CCCCN1C(c1ccc(-c2ccccc2)cc1)c1ccc(Cl)c(Cl)c1. The van der Waals surface area contributed by atoms with Gasteiger partial charge < -0.3 is 5.11 Å². The topological polar surface area (TPSA) is 40.5 Å². The maximum absolute atomic E-state index is 12.0. The molecule has 5 heteroatoms. The van der Waals surface area contributed by atoms with Gasteiger partial charge in [-0.05, 0) is 53.8 Å². The fraction of sp³-hybridized carbons (Fsp3) is 0.240. The highest BCUT2D eigenvalue weighted by Crippen LogP contribution is 2.37. The zero-order chi connectivity index (χ0) is 21.1. The van der Waals surface area contributed by atoms with Gasteiger partial charge in [0.1, 0.15) is 6.04 Å². The van der Waals surface area contributed by atoms with Crippen molar-refractivity contribution in [2.45, 2.75) is 31.3 Å². The molecule has 0 aliphatic carbocycles. The van der Waals surface area contributed by atoms with Crippen LogP contribution in [0.5, 0.6) is 0 Å². The Morgan fingerprint density at radius 1 is 0.867 bits per heavy atom. The molecule has 1 aliphatic rings. The molecule has 0 radical (unpaired) electrons. The lowest BCUT2D eigenvalue weighted by Crippen LogP contribution is -2.46. The molecule has 0 aromatic heterocycles. The molecule has 1 aliphatic heterocycles. The minimum atomic E-state index is -0.777. The van der Waals surface area contributed by atoms with Crippen LogP contribution in [0.1, 0.15) is 36.4 Å². The van der Waals surface area contributed by atoms with E-state index in [0.29, 0.717) is 16.5 Å². The molecule has 1 saturated heterocycles. The number of aliphatic carboxylic acids is 1. The molecule has 3 aromatic carbocycles. The summed E-state index contributed by atoms with van der Waals surface area (Å²) in [6.07, 6.45) is 2.55. The average Bonchev–Trinajstić information content (AvgIpc) is 2.78. The van der Waals surface area contributed by atoms with Crippen molar-refractivity contribution in [2.24, 2.45) is 0 Å². The van der Waals surface area contributed by atoms with Crippen molar-refractivity contribution in [3.05, 3.63) is 94.0 Å². The molecule has 2 atom stereocenters. The Hall–Kier alpha value is -2.33. The molecule has 1 N–H and O–H groups in total. The van der Waals surface area contributed by atoms with Crippen LogP contribution in [0.25, 0.3) is 11.1 Å². The van der Waals surface area contributed by atoms with Gasteiger partial charge in [0.05, 0.1) is 16.1 Å². The summed E-state index contributed by atoms with van der Waals surface area (Å²) < 4.78 is 0. The molecule has 2 unspecified atom stereocenters. The van der Waals surface area contributed by atoms with Crippen molar-refractivity contribution in [3.63, 3.8) is 0 Å². The Kier molecular flexibility index (Phi) is 6.43. The fourth-order valence-corrected chi connectivity index (χ4v) is 4.58. The number of hydrogen-bond donors (Lipinski definition) is 1. The van der Waals surface area contributed by atoms with E-state index in [0.717, 1.165) is 41.6 Å². The fourth-order valence-electron chi connectivity index (χ4n) is 4.27. The maximum atomic E-state index is 12.0. The van der Waals surface area contributed by atoms with Gasteiger partial charge in [-0.25, -0.2) is 0 Å². The van der Waals surface area contributed by atoms with Crippen LogP contribution in [-0.4, -0.2) is 28.6 Å². The van der Waals surface area contributed by atoms with Gasteiger partial charge in [-0.2, -0.15) is 0 Å². The summed E-state index contributed by atoms with van der Waals surface area (Å²) >= 11 is 12.5.